The Morgan fingerprint density at radius 3 is 2.90 bits per heavy atom. The number of rotatable bonds is 8. The molecule has 0 atom stereocenters. The van der Waals surface area contributed by atoms with Gasteiger partial charge in [0.05, 0.1) is 5.52 Å². The number of para-hydroxylation sites is 1. The first kappa shape index (κ1) is 15.1. The Hall–Kier alpha value is -1.33. The second-order valence-electron chi connectivity index (χ2n) is 4.49. The molecule has 5 heteroatoms. The molecule has 1 aromatic heterocycles. The molecule has 0 fully saturated rings. The van der Waals surface area contributed by atoms with E-state index in [9.17, 15) is 0 Å². The monoisotopic (exact) mass is 291 g/mol. The molecular weight excluding hydrogens is 270 g/mol. The summed E-state index contributed by atoms with van der Waals surface area (Å²) in [6.07, 6.45) is 2.09. The molecule has 1 heterocycles. The predicted molar refractivity (Wildman–Crippen MR) is 85.5 cm³/mol. The van der Waals surface area contributed by atoms with Crippen molar-refractivity contribution in [3.8, 4) is 0 Å². The van der Waals surface area contributed by atoms with Crippen molar-refractivity contribution in [2.45, 2.75) is 24.8 Å². The van der Waals surface area contributed by atoms with Crippen LogP contribution in [0.5, 0.6) is 0 Å². The van der Waals surface area contributed by atoms with Crippen molar-refractivity contribution in [2.24, 2.45) is 0 Å². The van der Waals surface area contributed by atoms with E-state index in [0.717, 1.165) is 53.6 Å². The number of ether oxygens (including phenoxy) is 1. The van der Waals surface area contributed by atoms with E-state index >= 15 is 0 Å². The molecule has 108 valence electrons. The van der Waals surface area contributed by atoms with Crippen molar-refractivity contribution in [3.63, 3.8) is 0 Å². The van der Waals surface area contributed by atoms with Gasteiger partial charge in [-0.15, -0.1) is 11.8 Å². The summed E-state index contributed by atoms with van der Waals surface area (Å²) in [6.45, 7) is 3.82. The van der Waals surface area contributed by atoms with Crippen LogP contribution in [-0.4, -0.2) is 36.0 Å². The van der Waals surface area contributed by atoms with Gasteiger partial charge in [0.2, 0.25) is 5.95 Å². The maximum absolute atomic E-state index is 5.09. The minimum atomic E-state index is 0.722. The minimum Gasteiger partial charge on any atom is -0.385 e. The Bertz CT molecular complexity index is 548. The first-order valence-corrected chi connectivity index (χ1v) is 7.96. The van der Waals surface area contributed by atoms with Crippen molar-refractivity contribution >= 4 is 28.6 Å². The van der Waals surface area contributed by atoms with E-state index in [1.807, 2.05) is 18.2 Å². The Kier molecular flexibility index (Phi) is 6.08. The van der Waals surface area contributed by atoms with E-state index < -0.39 is 0 Å². The number of aromatic nitrogens is 2. The summed E-state index contributed by atoms with van der Waals surface area (Å²) in [7, 11) is 1.73. The third kappa shape index (κ3) is 4.08. The Balaban J connectivity index is 2.19. The highest BCUT2D eigenvalue weighted by Crippen LogP contribution is 2.26. The van der Waals surface area contributed by atoms with Crippen LogP contribution in [0.1, 0.15) is 19.8 Å². The number of benzene rings is 1. The zero-order valence-corrected chi connectivity index (χ0v) is 12.9. The third-order valence-corrected chi connectivity index (χ3v) is 3.91. The molecule has 0 bridgehead atoms. The fourth-order valence-corrected chi connectivity index (χ4v) is 2.78. The molecule has 1 N–H and O–H groups in total. The molecule has 20 heavy (non-hydrogen) atoms. The van der Waals surface area contributed by atoms with Gasteiger partial charge in [-0.05, 0) is 18.9 Å². The largest absolute Gasteiger partial charge is 0.385 e. The molecule has 1 aromatic carbocycles. The molecule has 0 radical (unpaired) electrons. The maximum atomic E-state index is 5.09. The summed E-state index contributed by atoms with van der Waals surface area (Å²) in [5.74, 6) is 1.72. The van der Waals surface area contributed by atoms with Crippen LogP contribution in [0.4, 0.5) is 5.95 Å². The van der Waals surface area contributed by atoms with Gasteiger partial charge < -0.3 is 10.1 Å². The summed E-state index contributed by atoms with van der Waals surface area (Å²) in [5.41, 5.74) is 0.996. The zero-order valence-electron chi connectivity index (χ0n) is 12.1. The number of fused-ring (bicyclic) bond motifs is 1. The lowest BCUT2D eigenvalue weighted by molar-refractivity contribution is 0.200. The molecule has 0 saturated heterocycles. The minimum absolute atomic E-state index is 0.722. The normalized spacial score (nSPS) is 10.9. The molecule has 0 saturated carbocycles. The molecule has 4 nitrogen and oxygen atoms in total. The second-order valence-corrected chi connectivity index (χ2v) is 5.57. The number of nitrogens with one attached hydrogen (secondary N) is 1. The van der Waals surface area contributed by atoms with Crippen LogP contribution in [0, 0.1) is 0 Å². The van der Waals surface area contributed by atoms with Gasteiger partial charge in [-0.1, -0.05) is 25.1 Å². The average molecular weight is 291 g/mol. The highest BCUT2D eigenvalue weighted by atomic mass is 32.2. The van der Waals surface area contributed by atoms with Gasteiger partial charge in [0.15, 0.2) is 0 Å². The van der Waals surface area contributed by atoms with Crippen LogP contribution in [-0.2, 0) is 4.74 Å². The van der Waals surface area contributed by atoms with Crippen LogP contribution in [0.25, 0.3) is 10.9 Å². The molecule has 0 unspecified atom stereocenters. The number of hydrogen-bond acceptors (Lipinski definition) is 5. The lowest BCUT2D eigenvalue weighted by Gasteiger charge is -2.09. The molecule has 0 spiro atoms. The average Bonchev–Trinajstić information content (AvgIpc) is 2.49. The summed E-state index contributed by atoms with van der Waals surface area (Å²) >= 11 is 1.77. The molecule has 0 aliphatic heterocycles. The van der Waals surface area contributed by atoms with Gasteiger partial charge in [-0.25, -0.2) is 9.97 Å². The van der Waals surface area contributed by atoms with E-state index in [1.54, 1.807) is 18.9 Å². The van der Waals surface area contributed by atoms with Gasteiger partial charge in [0.1, 0.15) is 5.03 Å². The van der Waals surface area contributed by atoms with E-state index in [1.165, 1.54) is 0 Å². The van der Waals surface area contributed by atoms with Gasteiger partial charge in [-0.3, -0.25) is 0 Å². The molecule has 0 amide bonds. The van der Waals surface area contributed by atoms with E-state index in [4.69, 9.17) is 4.74 Å². The molecule has 2 rings (SSSR count). The van der Waals surface area contributed by atoms with E-state index in [2.05, 4.69) is 28.3 Å². The first-order valence-electron chi connectivity index (χ1n) is 6.97. The van der Waals surface area contributed by atoms with Gasteiger partial charge in [0.25, 0.3) is 0 Å². The summed E-state index contributed by atoms with van der Waals surface area (Å²) in [6, 6.07) is 8.16. The van der Waals surface area contributed by atoms with Crippen molar-refractivity contribution in [1.82, 2.24) is 9.97 Å². The summed E-state index contributed by atoms with van der Waals surface area (Å²) in [4.78, 5) is 9.19. The Labute approximate surface area is 124 Å². The highest BCUT2D eigenvalue weighted by molar-refractivity contribution is 7.99. The fourth-order valence-electron chi connectivity index (χ4n) is 1.85. The fraction of sp³-hybridized carbons (Fsp3) is 0.467. The topological polar surface area (TPSA) is 47.0 Å². The maximum Gasteiger partial charge on any atom is 0.224 e. The Morgan fingerprint density at radius 2 is 2.10 bits per heavy atom. The standard InChI is InChI=1S/C15H21N3OS/c1-3-9-16-15-17-13-8-5-4-7-12(13)14(18-15)20-11-6-10-19-2/h4-5,7-8H,3,6,9-11H2,1-2H3,(H,16,17,18). The van der Waals surface area contributed by atoms with Crippen LogP contribution in [0.15, 0.2) is 29.3 Å². The number of hydrogen-bond donors (Lipinski definition) is 1. The second kappa shape index (κ2) is 8.07. The highest BCUT2D eigenvalue weighted by Gasteiger charge is 2.07. The van der Waals surface area contributed by atoms with Crippen molar-refractivity contribution < 1.29 is 4.74 Å². The SMILES string of the molecule is CCCNc1nc(SCCCOC)c2ccccc2n1. The van der Waals surface area contributed by atoms with Crippen molar-refractivity contribution in [3.05, 3.63) is 24.3 Å². The van der Waals surface area contributed by atoms with E-state index in [-0.39, 0.29) is 0 Å². The zero-order chi connectivity index (χ0) is 14.2. The number of anilines is 1. The van der Waals surface area contributed by atoms with Crippen molar-refractivity contribution in [1.29, 1.82) is 0 Å². The first-order chi connectivity index (χ1) is 9.85. The third-order valence-electron chi connectivity index (χ3n) is 2.83. The quantitative estimate of drug-likeness (QED) is 0.457. The number of thioether (sulfide) groups is 1. The lowest BCUT2D eigenvalue weighted by atomic mass is 10.2. The molecule has 0 aliphatic rings. The molecule has 2 aromatic rings. The van der Waals surface area contributed by atoms with E-state index in [0.29, 0.717) is 0 Å². The number of nitrogens with zero attached hydrogens (tertiary/aromatic N) is 2. The smallest absolute Gasteiger partial charge is 0.224 e. The van der Waals surface area contributed by atoms with Gasteiger partial charge >= 0.3 is 0 Å². The molecule has 0 aliphatic carbocycles. The predicted octanol–water partition coefficient (Wildman–Crippen LogP) is 3.58. The van der Waals surface area contributed by atoms with Gasteiger partial charge in [-0.2, -0.15) is 0 Å². The van der Waals surface area contributed by atoms with Crippen LogP contribution < -0.4 is 5.32 Å². The summed E-state index contributed by atoms with van der Waals surface area (Å²) < 4.78 is 5.09. The molecular formula is C15H21N3OS. The van der Waals surface area contributed by atoms with Gasteiger partial charge in [0, 0.05) is 31.4 Å². The van der Waals surface area contributed by atoms with Crippen LogP contribution in [0.2, 0.25) is 0 Å². The van der Waals surface area contributed by atoms with Crippen LogP contribution in [0.3, 0.4) is 0 Å². The van der Waals surface area contributed by atoms with Crippen molar-refractivity contribution in [2.75, 3.05) is 31.3 Å². The number of methoxy groups -OCH3 is 1. The summed E-state index contributed by atoms with van der Waals surface area (Å²) in [5, 5.41) is 5.44. The Morgan fingerprint density at radius 1 is 1.25 bits per heavy atom. The lowest BCUT2D eigenvalue weighted by Crippen LogP contribution is -2.05. The van der Waals surface area contributed by atoms with Crippen LogP contribution >= 0.6 is 11.8 Å².